The van der Waals surface area contributed by atoms with Crippen LogP contribution >= 0.6 is 0 Å². The Morgan fingerprint density at radius 1 is 0.812 bits per heavy atom. The Kier molecular flexibility index (Phi) is 8.80. The Labute approximate surface area is 189 Å². The number of hydrogen-bond donors (Lipinski definition) is 3. The van der Waals surface area contributed by atoms with Crippen molar-refractivity contribution in [1.29, 1.82) is 0 Å². The summed E-state index contributed by atoms with van der Waals surface area (Å²) < 4.78 is 37.9. The molecule has 0 radical (unpaired) electrons. The first kappa shape index (κ1) is 25.4. The largest absolute Gasteiger partial charge is 0.453 e. The highest BCUT2D eigenvalue weighted by Gasteiger charge is 2.17. The van der Waals surface area contributed by atoms with Crippen molar-refractivity contribution in [3.8, 4) is 23.0 Å². The van der Waals surface area contributed by atoms with Crippen molar-refractivity contribution < 1.29 is 27.6 Å². The summed E-state index contributed by atoms with van der Waals surface area (Å²) in [4.78, 5) is 0. The Balaban J connectivity index is 0.000000654. The molecule has 2 unspecified atom stereocenters. The summed E-state index contributed by atoms with van der Waals surface area (Å²) in [6.07, 6.45) is -0.0636. The lowest BCUT2D eigenvalue weighted by molar-refractivity contribution is 0.153. The van der Waals surface area contributed by atoms with E-state index in [2.05, 4.69) is 0 Å². The van der Waals surface area contributed by atoms with Crippen LogP contribution in [0, 0.1) is 13.8 Å². The van der Waals surface area contributed by atoms with Gasteiger partial charge >= 0.3 is 0 Å². The topological polar surface area (TPSA) is 119 Å². The van der Waals surface area contributed by atoms with E-state index in [1.54, 1.807) is 25.1 Å². The number of rotatable bonds is 6. The lowest BCUT2D eigenvalue weighted by atomic mass is 10.0. The van der Waals surface area contributed by atoms with Gasteiger partial charge in [-0.2, -0.15) is 8.42 Å². The molecule has 3 aromatic carbocycles. The van der Waals surface area contributed by atoms with Gasteiger partial charge in [0.15, 0.2) is 11.5 Å². The normalized spacial score (nSPS) is 12.8. The minimum Gasteiger partial charge on any atom is -0.453 e. The molecule has 0 saturated carbocycles. The molecule has 0 fully saturated rings. The maximum absolute atomic E-state index is 10.3. The van der Waals surface area contributed by atoms with Crippen LogP contribution in [0.25, 0.3) is 0 Å². The first-order valence-electron chi connectivity index (χ1n) is 9.91. The van der Waals surface area contributed by atoms with E-state index in [-0.39, 0.29) is 6.04 Å². The minimum atomic E-state index is -3.67. The summed E-state index contributed by atoms with van der Waals surface area (Å²) in [5, 5.41) is 10.3. The highest BCUT2D eigenvalue weighted by Crippen LogP contribution is 2.37. The van der Waals surface area contributed by atoms with Crippen molar-refractivity contribution in [2.24, 2.45) is 5.73 Å². The average molecular weight is 460 g/mol. The van der Waals surface area contributed by atoms with Gasteiger partial charge in [0.1, 0.15) is 11.5 Å². The standard InChI is InChI=1S/C23H25NO3.CH4O3S/c1-15-4-9-19(10-5-15)26-21-13-8-18(23(25)17(3)24)14-22(21)27-20-11-6-16(2)7-12-20;1-5(2,3)4/h4-14,17,23,25H,24H2,1-3H3;1H3,(H,2,3,4). The maximum Gasteiger partial charge on any atom is 0.261 e. The predicted octanol–water partition coefficient (Wildman–Crippen LogP) is 4.77. The second-order valence-electron chi connectivity index (χ2n) is 7.57. The number of ether oxygens (including phenoxy) is 2. The molecule has 0 aliphatic heterocycles. The van der Waals surface area contributed by atoms with Crippen molar-refractivity contribution in [2.45, 2.75) is 32.9 Å². The van der Waals surface area contributed by atoms with Gasteiger partial charge in [0.25, 0.3) is 10.1 Å². The summed E-state index contributed by atoms with van der Waals surface area (Å²) in [6, 6.07) is 20.6. The second-order valence-corrected chi connectivity index (χ2v) is 9.04. The van der Waals surface area contributed by atoms with Gasteiger partial charge in [0, 0.05) is 6.04 Å². The van der Waals surface area contributed by atoms with Crippen LogP contribution in [-0.2, 0) is 10.1 Å². The van der Waals surface area contributed by atoms with E-state index in [0.717, 1.165) is 16.9 Å². The summed E-state index contributed by atoms with van der Waals surface area (Å²) in [5.41, 5.74) is 8.84. The van der Waals surface area contributed by atoms with E-state index in [0.29, 0.717) is 29.1 Å². The molecule has 2 atom stereocenters. The molecule has 3 aromatic rings. The fraction of sp³-hybridized carbons (Fsp3) is 0.250. The van der Waals surface area contributed by atoms with Crippen molar-refractivity contribution in [2.75, 3.05) is 6.26 Å². The van der Waals surface area contributed by atoms with E-state index < -0.39 is 16.2 Å². The van der Waals surface area contributed by atoms with E-state index in [9.17, 15) is 13.5 Å². The van der Waals surface area contributed by atoms with Gasteiger partial charge in [-0.05, 0) is 62.7 Å². The van der Waals surface area contributed by atoms with Gasteiger partial charge in [-0.15, -0.1) is 0 Å². The van der Waals surface area contributed by atoms with Crippen LogP contribution in [0.5, 0.6) is 23.0 Å². The predicted molar refractivity (Wildman–Crippen MR) is 125 cm³/mol. The second kappa shape index (κ2) is 11.1. The number of hydrogen-bond acceptors (Lipinski definition) is 6. The van der Waals surface area contributed by atoms with Gasteiger partial charge in [-0.25, -0.2) is 0 Å². The Hall–Kier alpha value is -2.91. The lowest BCUT2D eigenvalue weighted by Crippen LogP contribution is -2.24. The van der Waals surface area contributed by atoms with E-state index in [4.69, 9.17) is 19.8 Å². The molecule has 0 amide bonds. The zero-order valence-corrected chi connectivity index (χ0v) is 19.3. The van der Waals surface area contributed by atoms with Gasteiger partial charge in [0.2, 0.25) is 0 Å². The Morgan fingerprint density at radius 2 is 1.22 bits per heavy atom. The third-order valence-electron chi connectivity index (χ3n) is 4.30. The molecule has 0 aromatic heterocycles. The maximum atomic E-state index is 10.3. The quantitative estimate of drug-likeness (QED) is 0.454. The van der Waals surface area contributed by atoms with Crippen LogP contribution in [0.1, 0.15) is 29.7 Å². The number of aryl methyl sites for hydroxylation is 2. The number of aliphatic hydroxyl groups is 1. The van der Waals surface area contributed by atoms with Crippen LogP contribution in [0.4, 0.5) is 0 Å². The molecule has 32 heavy (non-hydrogen) atoms. The molecule has 0 spiro atoms. The van der Waals surface area contributed by atoms with E-state index >= 15 is 0 Å². The summed E-state index contributed by atoms with van der Waals surface area (Å²) in [5.74, 6) is 2.51. The van der Waals surface area contributed by atoms with Crippen LogP contribution in [0.2, 0.25) is 0 Å². The van der Waals surface area contributed by atoms with E-state index in [1.165, 1.54) is 0 Å². The lowest BCUT2D eigenvalue weighted by Gasteiger charge is -2.18. The van der Waals surface area contributed by atoms with Gasteiger partial charge in [0.05, 0.1) is 12.4 Å². The van der Waals surface area contributed by atoms with Crippen LogP contribution < -0.4 is 15.2 Å². The van der Waals surface area contributed by atoms with Crippen molar-refractivity contribution >= 4 is 10.1 Å². The summed E-state index contributed by atoms with van der Waals surface area (Å²) in [6.45, 7) is 5.82. The third kappa shape index (κ3) is 8.68. The molecule has 3 rings (SSSR count). The molecule has 0 bridgehead atoms. The van der Waals surface area contributed by atoms with Gasteiger partial charge in [-0.3, -0.25) is 4.55 Å². The molecule has 8 heteroatoms. The first-order valence-corrected chi connectivity index (χ1v) is 11.8. The molecular formula is C24H29NO6S. The fourth-order valence-corrected chi connectivity index (χ4v) is 2.64. The molecule has 172 valence electrons. The number of nitrogens with two attached hydrogens (primary N) is 1. The Bertz CT molecular complexity index is 1100. The molecule has 0 saturated heterocycles. The number of aliphatic hydroxyl groups excluding tert-OH is 1. The SMILES string of the molecule is CS(=O)(=O)O.Cc1ccc(Oc2ccc(C(O)C(C)N)cc2Oc2ccc(C)cc2)cc1. The van der Waals surface area contributed by atoms with Gasteiger partial charge in [-0.1, -0.05) is 41.5 Å². The molecule has 0 aliphatic carbocycles. The smallest absolute Gasteiger partial charge is 0.261 e. The fourth-order valence-electron chi connectivity index (χ4n) is 2.64. The molecule has 7 nitrogen and oxygen atoms in total. The first-order chi connectivity index (χ1) is 14.9. The minimum absolute atomic E-state index is 0.388. The molecule has 4 N–H and O–H groups in total. The van der Waals surface area contributed by atoms with Crippen molar-refractivity contribution in [1.82, 2.24) is 0 Å². The van der Waals surface area contributed by atoms with Crippen LogP contribution in [0.15, 0.2) is 66.7 Å². The monoisotopic (exact) mass is 459 g/mol. The van der Waals surface area contributed by atoms with E-state index in [1.807, 2.05) is 62.4 Å². The van der Waals surface area contributed by atoms with Gasteiger partial charge < -0.3 is 20.3 Å². The van der Waals surface area contributed by atoms with Crippen LogP contribution in [0.3, 0.4) is 0 Å². The molecule has 0 heterocycles. The van der Waals surface area contributed by atoms with Crippen molar-refractivity contribution in [3.63, 3.8) is 0 Å². The van der Waals surface area contributed by atoms with Crippen molar-refractivity contribution in [3.05, 3.63) is 83.4 Å². The average Bonchev–Trinajstić information content (AvgIpc) is 2.70. The number of benzene rings is 3. The third-order valence-corrected chi connectivity index (χ3v) is 4.30. The zero-order valence-electron chi connectivity index (χ0n) is 18.5. The summed E-state index contributed by atoms with van der Waals surface area (Å²) >= 11 is 0. The molecular weight excluding hydrogens is 430 g/mol. The molecule has 0 aliphatic rings. The highest BCUT2D eigenvalue weighted by atomic mass is 32.2. The summed E-state index contributed by atoms with van der Waals surface area (Å²) in [7, 11) is -3.67. The van der Waals surface area contributed by atoms with Crippen LogP contribution in [-0.4, -0.2) is 30.4 Å². The highest BCUT2D eigenvalue weighted by molar-refractivity contribution is 7.85. The zero-order chi connectivity index (χ0) is 23.9. The Morgan fingerprint density at radius 3 is 1.62 bits per heavy atom.